The van der Waals surface area contributed by atoms with Gasteiger partial charge < -0.3 is 15.0 Å². The number of likely N-dealkylation sites (tertiary alicyclic amines) is 2. The summed E-state index contributed by atoms with van der Waals surface area (Å²) < 4.78 is 5.51. The molecule has 0 aromatic carbocycles. The number of guanidine groups is 1. The zero-order valence-corrected chi connectivity index (χ0v) is 17.3. The van der Waals surface area contributed by atoms with Crippen molar-refractivity contribution in [1.29, 1.82) is 0 Å². The normalized spacial score (nSPS) is 27.6. The minimum Gasteiger partial charge on any atom is -0.381 e. The lowest BCUT2D eigenvalue weighted by molar-refractivity contribution is 0.00901. The SMILES string of the molecule is CCNC(=NCC(C)(C)N1CCC(OC)CC1)N1CC(C)CC(C)C1. The Morgan fingerprint density at radius 3 is 2.28 bits per heavy atom. The summed E-state index contributed by atoms with van der Waals surface area (Å²) in [5.74, 6) is 2.59. The lowest BCUT2D eigenvalue weighted by Crippen LogP contribution is -2.52. The van der Waals surface area contributed by atoms with Crippen LogP contribution < -0.4 is 5.32 Å². The van der Waals surface area contributed by atoms with Crippen molar-refractivity contribution in [3.8, 4) is 0 Å². The van der Waals surface area contributed by atoms with Gasteiger partial charge >= 0.3 is 0 Å². The third-order valence-electron chi connectivity index (χ3n) is 5.75. The van der Waals surface area contributed by atoms with Gasteiger partial charge in [-0.25, -0.2) is 0 Å². The number of nitrogens with zero attached hydrogens (tertiary/aromatic N) is 3. The van der Waals surface area contributed by atoms with Crippen molar-refractivity contribution >= 4 is 5.96 Å². The number of ether oxygens (including phenoxy) is 1. The van der Waals surface area contributed by atoms with E-state index >= 15 is 0 Å². The minimum atomic E-state index is 0.0897. The van der Waals surface area contributed by atoms with Crippen LogP contribution in [0.15, 0.2) is 4.99 Å². The topological polar surface area (TPSA) is 40.1 Å². The second-order valence-corrected chi connectivity index (χ2v) is 8.76. The van der Waals surface area contributed by atoms with E-state index in [1.54, 1.807) is 0 Å². The molecule has 0 amide bonds. The third-order valence-corrected chi connectivity index (χ3v) is 5.75. The number of methoxy groups -OCH3 is 1. The molecule has 1 N–H and O–H groups in total. The molecule has 2 heterocycles. The molecule has 0 saturated carbocycles. The fourth-order valence-corrected chi connectivity index (χ4v) is 4.33. The Balaban J connectivity index is 1.99. The first-order valence-corrected chi connectivity index (χ1v) is 10.2. The summed E-state index contributed by atoms with van der Waals surface area (Å²) in [5, 5.41) is 3.52. The molecule has 0 aromatic heterocycles. The summed E-state index contributed by atoms with van der Waals surface area (Å²) in [4.78, 5) is 10.1. The molecule has 0 aliphatic carbocycles. The highest BCUT2D eigenvalue weighted by Gasteiger charge is 2.31. The number of nitrogens with one attached hydrogen (secondary N) is 1. The second kappa shape index (κ2) is 9.22. The molecule has 0 spiro atoms. The Labute approximate surface area is 155 Å². The van der Waals surface area contributed by atoms with Crippen LogP contribution in [0.3, 0.4) is 0 Å². The monoisotopic (exact) mass is 352 g/mol. The molecular formula is C20H40N4O. The molecule has 5 nitrogen and oxygen atoms in total. The van der Waals surface area contributed by atoms with Gasteiger partial charge in [-0.05, 0) is 51.9 Å². The fraction of sp³-hybridized carbons (Fsp3) is 0.950. The lowest BCUT2D eigenvalue weighted by atomic mass is 9.92. The predicted octanol–water partition coefficient (Wildman–Crippen LogP) is 2.82. The van der Waals surface area contributed by atoms with Crippen molar-refractivity contribution in [2.75, 3.05) is 46.4 Å². The molecule has 2 atom stereocenters. The molecule has 0 bridgehead atoms. The van der Waals surface area contributed by atoms with Gasteiger partial charge in [-0.3, -0.25) is 9.89 Å². The van der Waals surface area contributed by atoms with E-state index in [4.69, 9.17) is 9.73 Å². The van der Waals surface area contributed by atoms with Crippen molar-refractivity contribution in [2.45, 2.75) is 65.5 Å². The number of piperidine rings is 2. The van der Waals surface area contributed by atoms with Crippen molar-refractivity contribution in [1.82, 2.24) is 15.1 Å². The first kappa shape index (κ1) is 20.5. The molecule has 146 valence electrons. The van der Waals surface area contributed by atoms with Crippen LogP contribution in [0.2, 0.25) is 0 Å². The Hall–Kier alpha value is -0.810. The van der Waals surface area contributed by atoms with Crippen LogP contribution in [0.25, 0.3) is 0 Å². The maximum absolute atomic E-state index is 5.51. The predicted molar refractivity (Wildman–Crippen MR) is 106 cm³/mol. The minimum absolute atomic E-state index is 0.0897. The molecule has 2 saturated heterocycles. The van der Waals surface area contributed by atoms with Crippen LogP contribution in [0.1, 0.15) is 53.9 Å². The van der Waals surface area contributed by atoms with Crippen molar-refractivity contribution < 1.29 is 4.74 Å². The van der Waals surface area contributed by atoms with E-state index in [-0.39, 0.29) is 5.54 Å². The smallest absolute Gasteiger partial charge is 0.193 e. The first-order valence-electron chi connectivity index (χ1n) is 10.2. The molecule has 0 radical (unpaired) electrons. The summed E-state index contributed by atoms with van der Waals surface area (Å²) >= 11 is 0. The highest BCUT2D eigenvalue weighted by molar-refractivity contribution is 5.80. The lowest BCUT2D eigenvalue weighted by Gasteiger charge is -2.42. The summed E-state index contributed by atoms with van der Waals surface area (Å²) in [6.07, 6.45) is 4.02. The van der Waals surface area contributed by atoms with E-state index in [9.17, 15) is 0 Å². The van der Waals surface area contributed by atoms with Crippen LogP contribution in [0.4, 0.5) is 0 Å². The molecular weight excluding hydrogens is 312 g/mol. The first-order chi connectivity index (χ1) is 11.9. The van der Waals surface area contributed by atoms with Crippen LogP contribution in [0.5, 0.6) is 0 Å². The molecule has 2 aliphatic heterocycles. The van der Waals surface area contributed by atoms with Crippen molar-refractivity contribution in [3.05, 3.63) is 0 Å². The van der Waals surface area contributed by atoms with Gasteiger partial charge in [0.15, 0.2) is 5.96 Å². The molecule has 2 rings (SSSR count). The zero-order valence-electron chi connectivity index (χ0n) is 17.3. The zero-order chi connectivity index (χ0) is 18.4. The van der Waals surface area contributed by atoms with Crippen molar-refractivity contribution in [3.63, 3.8) is 0 Å². The number of rotatable bonds is 5. The van der Waals surface area contributed by atoms with Gasteiger partial charge in [-0.1, -0.05) is 13.8 Å². The van der Waals surface area contributed by atoms with Gasteiger partial charge in [0.1, 0.15) is 0 Å². The summed E-state index contributed by atoms with van der Waals surface area (Å²) in [6, 6.07) is 0. The highest BCUT2D eigenvalue weighted by Crippen LogP contribution is 2.24. The molecule has 2 aliphatic rings. The summed E-state index contributed by atoms with van der Waals surface area (Å²) in [7, 11) is 1.83. The van der Waals surface area contributed by atoms with Crippen LogP contribution in [-0.4, -0.2) is 73.8 Å². The average Bonchev–Trinajstić information content (AvgIpc) is 2.57. The van der Waals surface area contributed by atoms with E-state index in [2.05, 4.69) is 49.7 Å². The van der Waals surface area contributed by atoms with E-state index in [0.717, 1.165) is 69.9 Å². The standard InChI is InChI=1S/C20H40N4O/c1-7-21-19(23-13-16(2)12-17(3)14-23)22-15-20(4,5)24-10-8-18(25-6)9-11-24/h16-18H,7-15H2,1-6H3,(H,21,22). The van der Waals surface area contributed by atoms with Gasteiger partial charge in [0.2, 0.25) is 0 Å². The van der Waals surface area contributed by atoms with Crippen LogP contribution >= 0.6 is 0 Å². The number of aliphatic imine (C=N–C) groups is 1. The van der Waals surface area contributed by atoms with Crippen LogP contribution in [0, 0.1) is 11.8 Å². The molecule has 5 heteroatoms. The van der Waals surface area contributed by atoms with Gasteiger partial charge in [0.05, 0.1) is 12.6 Å². The quantitative estimate of drug-likeness (QED) is 0.610. The van der Waals surface area contributed by atoms with Gasteiger partial charge in [-0.2, -0.15) is 0 Å². The fourth-order valence-electron chi connectivity index (χ4n) is 4.33. The van der Waals surface area contributed by atoms with E-state index < -0.39 is 0 Å². The molecule has 25 heavy (non-hydrogen) atoms. The van der Waals surface area contributed by atoms with Gasteiger partial charge in [0, 0.05) is 45.4 Å². The Kier molecular flexibility index (Phi) is 7.56. The third kappa shape index (κ3) is 5.85. The molecule has 2 fully saturated rings. The number of hydrogen-bond acceptors (Lipinski definition) is 3. The maximum atomic E-state index is 5.51. The van der Waals surface area contributed by atoms with Crippen LogP contribution in [-0.2, 0) is 4.74 Å². The largest absolute Gasteiger partial charge is 0.381 e. The second-order valence-electron chi connectivity index (χ2n) is 8.76. The average molecular weight is 353 g/mol. The highest BCUT2D eigenvalue weighted by atomic mass is 16.5. The maximum Gasteiger partial charge on any atom is 0.193 e. The Morgan fingerprint density at radius 2 is 1.76 bits per heavy atom. The molecule has 0 aromatic rings. The Morgan fingerprint density at radius 1 is 1.16 bits per heavy atom. The molecule has 2 unspecified atom stereocenters. The van der Waals surface area contributed by atoms with Gasteiger partial charge in [0.25, 0.3) is 0 Å². The van der Waals surface area contributed by atoms with E-state index in [1.807, 2.05) is 7.11 Å². The summed E-state index contributed by atoms with van der Waals surface area (Å²) in [5.41, 5.74) is 0.0897. The van der Waals surface area contributed by atoms with Crippen molar-refractivity contribution in [2.24, 2.45) is 16.8 Å². The van der Waals surface area contributed by atoms with E-state index in [1.165, 1.54) is 6.42 Å². The number of hydrogen-bond donors (Lipinski definition) is 1. The van der Waals surface area contributed by atoms with Gasteiger partial charge in [-0.15, -0.1) is 0 Å². The Bertz CT molecular complexity index is 419. The summed E-state index contributed by atoms with van der Waals surface area (Å²) in [6.45, 7) is 17.8. The van der Waals surface area contributed by atoms with E-state index in [0.29, 0.717) is 6.10 Å².